The smallest absolute Gasteiger partial charge is 0.180 e. The van der Waals surface area contributed by atoms with Crippen LogP contribution in [0.3, 0.4) is 0 Å². The third-order valence-electron chi connectivity index (χ3n) is 1.51. The fourth-order valence-electron chi connectivity index (χ4n) is 0.797. The van der Waals surface area contributed by atoms with E-state index in [0.29, 0.717) is 5.11 Å². The molecule has 0 saturated carbocycles. The van der Waals surface area contributed by atoms with Gasteiger partial charge in [0.25, 0.3) is 0 Å². The van der Waals surface area contributed by atoms with E-state index >= 15 is 0 Å². The van der Waals surface area contributed by atoms with Gasteiger partial charge >= 0.3 is 0 Å². The van der Waals surface area contributed by atoms with Crippen molar-refractivity contribution in [2.75, 3.05) is 0 Å². The molecule has 0 amide bonds. The van der Waals surface area contributed by atoms with Crippen molar-refractivity contribution >= 4 is 28.7 Å². The number of aryl methyl sites for hydroxylation is 1. The quantitative estimate of drug-likeness (QED) is 0.378. The zero-order valence-electron chi connectivity index (χ0n) is 6.76. The third kappa shape index (κ3) is 2.44. The van der Waals surface area contributed by atoms with E-state index in [4.69, 9.17) is 18.1 Å². The third-order valence-corrected chi connectivity index (χ3v) is 2.79. The fraction of sp³-hybridized carbons (Fsp3) is 0.286. The second-order valence-electron chi connectivity index (χ2n) is 2.35. The maximum absolute atomic E-state index is 5.10. The van der Waals surface area contributed by atoms with Crippen molar-refractivity contribution in [2.45, 2.75) is 13.5 Å². The number of nitrogens with one attached hydrogen (secondary N) is 2. The second-order valence-corrected chi connectivity index (χ2v) is 3.76. The standard InChI is InChI=1S/C7H11N3S2/c1-5-2-3-12-6(5)4-9-7(11)10-8/h2-3H,4,8H2,1H3,(H2,9,10,11). The maximum Gasteiger partial charge on any atom is 0.180 e. The van der Waals surface area contributed by atoms with E-state index < -0.39 is 0 Å². The molecule has 3 nitrogen and oxygen atoms in total. The van der Waals surface area contributed by atoms with Crippen molar-refractivity contribution in [1.82, 2.24) is 10.7 Å². The Morgan fingerprint density at radius 3 is 3.00 bits per heavy atom. The zero-order chi connectivity index (χ0) is 8.97. The summed E-state index contributed by atoms with van der Waals surface area (Å²) >= 11 is 6.54. The maximum atomic E-state index is 5.10. The van der Waals surface area contributed by atoms with Gasteiger partial charge in [0.15, 0.2) is 5.11 Å². The van der Waals surface area contributed by atoms with Crippen LogP contribution in [-0.2, 0) is 6.54 Å². The van der Waals surface area contributed by atoms with Gasteiger partial charge in [0.2, 0.25) is 0 Å². The van der Waals surface area contributed by atoms with Gasteiger partial charge in [0.05, 0.1) is 6.54 Å². The molecule has 0 radical (unpaired) electrons. The number of rotatable bonds is 2. The van der Waals surface area contributed by atoms with Gasteiger partial charge in [-0.1, -0.05) is 0 Å². The molecule has 4 N–H and O–H groups in total. The predicted octanol–water partition coefficient (Wildman–Crippen LogP) is 0.894. The first-order valence-corrected chi connectivity index (χ1v) is 4.80. The van der Waals surface area contributed by atoms with Crippen molar-refractivity contribution in [1.29, 1.82) is 0 Å². The lowest BCUT2D eigenvalue weighted by Gasteiger charge is -2.05. The lowest BCUT2D eigenvalue weighted by Crippen LogP contribution is -2.39. The van der Waals surface area contributed by atoms with E-state index in [1.807, 2.05) is 0 Å². The van der Waals surface area contributed by atoms with E-state index in [1.54, 1.807) is 11.3 Å². The highest BCUT2D eigenvalue weighted by Gasteiger charge is 1.99. The molecule has 0 fully saturated rings. The Hall–Kier alpha value is -0.650. The molecule has 1 aromatic rings. The monoisotopic (exact) mass is 201 g/mol. The molecular formula is C7H11N3S2. The van der Waals surface area contributed by atoms with Gasteiger partial charge in [-0.25, -0.2) is 5.84 Å². The molecule has 0 saturated heterocycles. The predicted molar refractivity (Wildman–Crippen MR) is 55.8 cm³/mol. The van der Waals surface area contributed by atoms with E-state index in [9.17, 15) is 0 Å². The van der Waals surface area contributed by atoms with Gasteiger partial charge in [0, 0.05) is 4.88 Å². The van der Waals surface area contributed by atoms with Crippen LogP contribution in [0.15, 0.2) is 11.4 Å². The lowest BCUT2D eigenvalue weighted by molar-refractivity contribution is 0.874. The molecule has 66 valence electrons. The van der Waals surface area contributed by atoms with Crippen LogP contribution in [0.4, 0.5) is 0 Å². The van der Waals surface area contributed by atoms with E-state index in [1.165, 1.54) is 10.4 Å². The van der Waals surface area contributed by atoms with Crippen LogP contribution >= 0.6 is 23.6 Å². The molecule has 0 unspecified atom stereocenters. The summed E-state index contributed by atoms with van der Waals surface area (Å²) in [5, 5.41) is 5.52. The minimum atomic E-state index is 0.475. The molecule has 0 spiro atoms. The van der Waals surface area contributed by atoms with Crippen molar-refractivity contribution in [3.8, 4) is 0 Å². The molecule has 12 heavy (non-hydrogen) atoms. The minimum absolute atomic E-state index is 0.475. The molecule has 0 aliphatic heterocycles. The Bertz CT molecular complexity index is 269. The van der Waals surface area contributed by atoms with Crippen LogP contribution in [0, 0.1) is 6.92 Å². The highest BCUT2D eigenvalue weighted by molar-refractivity contribution is 7.80. The average molecular weight is 201 g/mol. The van der Waals surface area contributed by atoms with E-state index in [-0.39, 0.29) is 0 Å². The first-order valence-electron chi connectivity index (χ1n) is 3.51. The molecule has 0 aliphatic carbocycles. The Balaban J connectivity index is 2.43. The van der Waals surface area contributed by atoms with E-state index in [0.717, 1.165) is 6.54 Å². The SMILES string of the molecule is Cc1ccsc1CNC(=S)NN. The van der Waals surface area contributed by atoms with Gasteiger partial charge in [-0.2, -0.15) is 0 Å². The largest absolute Gasteiger partial charge is 0.357 e. The van der Waals surface area contributed by atoms with Crippen molar-refractivity contribution < 1.29 is 0 Å². The zero-order valence-corrected chi connectivity index (χ0v) is 8.39. The minimum Gasteiger partial charge on any atom is -0.357 e. The average Bonchev–Trinajstić information content (AvgIpc) is 2.47. The van der Waals surface area contributed by atoms with Crippen LogP contribution in [-0.4, -0.2) is 5.11 Å². The number of hydrogen-bond acceptors (Lipinski definition) is 3. The molecule has 0 bridgehead atoms. The molecule has 1 rings (SSSR count). The Kier molecular flexibility index (Phi) is 3.46. The molecule has 1 heterocycles. The van der Waals surface area contributed by atoms with Crippen LogP contribution in [0.2, 0.25) is 0 Å². The second kappa shape index (κ2) is 4.39. The molecule has 0 atom stereocenters. The van der Waals surface area contributed by atoms with Crippen LogP contribution < -0.4 is 16.6 Å². The number of thiocarbonyl (C=S) groups is 1. The highest BCUT2D eigenvalue weighted by Crippen LogP contribution is 2.14. The first kappa shape index (κ1) is 9.44. The van der Waals surface area contributed by atoms with Gasteiger partial charge in [-0.05, 0) is 36.2 Å². The summed E-state index contributed by atoms with van der Waals surface area (Å²) in [7, 11) is 0. The Morgan fingerprint density at radius 2 is 2.50 bits per heavy atom. The van der Waals surface area contributed by atoms with Gasteiger partial charge < -0.3 is 10.7 Å². The highest BCUT2D eigenvalue weighted by atomic mass is 32.1. The Labute approximate surface area is 80.9 Å². The summed E-state index contributed by atoms with van der Waals surface area (Å²) in [6.07, 6.45) is 0. The Morgan fingerprint density at radius 1 is 1.75 bits per heavy atom. The van der Waals surface area contributed by atoms with Crippen LogP contribution in [0.25, 0.3) is 0 Å². The van der Waals surface area contributed by atoms with Crippen molar-refractivity contribution in [3.05, 3.63) is 21.9 Å². The molecule has 0 aliphatic rings. The summed E-state index contributed by atoms with van der Waals surface area (Å²) in [6.45, 7) is 2.82. The molecule has 5 heteroatoms. The van der Waals surface area contributed by atoms with Crippen molar-refractivity contribution in [3.63, 3.8) is 0 Å². The van der Waals surface area contributed by atoms with Gasteiger partial charge in [-0.15, -0.1) is 11.3 Å². The normalized spacial score (nSPS) is 9.50. The number of hydrogen-bond donors (Lipinski definition) is 3. The number of thiophene rings is 1. The summed E-state index contributed by atoms with van der Waals surface area (Å²) < 4.78 is 0. The molecule has 0 aromatic carbocycles. The number of hydrazine groups is 1. The van der Waals surface area contributed by atoms with Gasteiger partial charge in [-0.3, -0.25) is 0 Å². The fourth-order valence-corrected chi connectivity index (χ4v) is 1.71. The summed E-state index contributed by atoms with van der Waals surface area (Å²) in [6, 6.07) is 2.08. The summed E-state index contributed by atoms with van der Waals surface area (Å²) in [5.41, 5.74) is 3.66. The van der Waals surface area contributed by atoms with Crippen LogP contribution in [0.5, 0.6) is 0 Å². The first-order chi connectivity index (χ1) is 5.74. The van der Waals surface area contributed by atoms with Gasteiger partial charge in [0.1, 0.15) is 0 Å². The number of nitrogens with two attached hydrogens (primary N) is 1. The molecule has 1 aromatic heterocycles. The summed E-state index contributed by atoms with van der Waals surface area (Å²) in [5.74, 6) is 5.10. The molecular weight excluding hydrogens is 190 g/mol. The summed E-state index contributed by atoms with van der Waals surface area (Å²) in [4.78, 5) is 1.28. The van der Waals surface area contributed by atoms with E-state index in [2.05, 4.69) is 29.1 Å². The lowest BCUT2D eigenvalue weighted by atomic mass is 10.3. The topological polar surface area (TPSA) is 50.1 Å². The van der Waals surface area contributed by atoms with Crippen molar-refractivity contribution in [2.24, 2.45) is 5.84 Å². The van der Waals surface area contributed by atoms with Crippen LogP contribution in [0.1, 0.15) is 10.4 Å².